The van der Waals surface area contributed by atoms with Crippen LogP contribution in [0, 0.1) is 0 Å². The van der Waals surface area contributed by atoms with E-state index in [4.69, 9.17) is 14.7 Å². The van der Waals surface area contributed by atoms with Gasteiger partial charge in [-0.1, -0.05) is 86.9 Å². The van der Waals surface area contributed by atoms with Crippen LogP contribution in [0.4, 0.5) is 0 Å². The first-order valence-electron chi connectivity index (χ1n) is 15.1. The third-order valence-electron chi connectivity index (χ3n) is 9.19. The maximum atomic E-state index is 6.66. The van der Waals surface area contributed by atoms with E-state index < -0.39 is 0 Å². The van der Waals surface area contributed by atoms with Crippen LogP contribution in [0.2, 0.25) is 0 Å². The predicted octanol–water partition coefficient (Wildman–Crippen LogP) is 6.44. The molecule has 1 spiro atoms. The quantitative estimate of drug-likeness (QED) is 0.274. The van der Waals surface area contributed by atoms with Crippen LogP contribution in [0.25, 0.3) is 11.0 Å². The average Bonchev–Trinajstić information content (AvgIpc) is 3.78. The lowest BCUT2D eigenvalue weighted by atomic mass is 9.65. The van der Waals surface area contributed by atoms with Crippen molar-refractivity contribution in [1.29, 1.82) is 0 Å². The fourth-order valence-corrected chi connectivity index (χ4v) is 6.99. The van der Waals surface area contributed by atoms with E-state index in [1.54, 1.807) is 0 Å². The molecule has 8 heteroatoms. The summed E-state index contributed by atoms with van der Waals surface area (Å²) in [6.45, 7) is 3.63. The van der Waals surface area contributed by atoms with Gasteiger partial charge in [0.05, 0.1) is 23.0 Å². The van der Waals surface area contributed by atoms with Crippen molar-refractivity contribution in [2.45, 2.75) is 81.8 Å². The van der Waals surface area contributed by atoms with Gasteiger partial charge in [-0.2, -0.15) is 0 Å². The van der Waals surface area contributed by atoms with Crippen LogP contribution in [-0.4, -0.2) is 48.2 Å². The maximum absolute atomic E-state index is 6.66. The lowest BCUT2D eigenvalue weighted by Gasteiger charge is -2.38. The van der Waals surface area contributed by atoms with Gasteiger partial charge >= 0.3 is 0 Å². The van der Waals surface area contributed by atoms with Gasteiger partial charge in [0.25, 0.3) is 5.90 Å². The van der Waals surface area contributed by atoms with Gasteiger partial charge in [-0.25, -0.2) is 15.1 Å². The fourth-order valence-electron chi connectivity index (χ4n) is 6.99. The van der Waals surface area contributed by atoms with Crippen molar-refractivity contribution < 1.29 is 4.74 Å². The number of benzene rings is 2. The number of aromatic nitrogens is 6. The summed E-state index contributed by atoms with van der Waals surface area (Å²) in [4.78, 5) is 9.98. The van der Waals surface area contributed by atoms with Gasteiger partial charge in [-0.3, -0.25) is 0 Å². The van der Waals surface area contributed by atoms with Crippen LogP contribution in [0.3, 0.4) is 0 Å². The van der Waals surface area contributed by atoms with Crippen molar-refractivity contribution in [3.8, 4) is 0 Å². The Hall–Kier alpha value is -4.07. The summed E-state index contributed by atoms with van der Waals surface area (Å²) in [6.07, 6.45) is 16.0. The van der Waals surface area contributed by atoms with E-state index in [0.717, 1.165) is 61.3 Å². The van der Waals surface area contributed by atoms with Gasteiger partial charge in [0.15, 0.2) is 11.6 Å². The predicted molar refractivity (Wildman–Crippen MR) is 160 cm³/mol. The summed E-state index contributed by atoms with van der Waals surface area (Å²) in [6, 6.07) is 19.1. The molecule has 2 aromatic carbocycles. The van der Waals surface area contributed by atoms with E-state index in [-0.39, 0.29) is 16.9 Å². The van der Waals surface area contributed by atoms with Crippen molar-refractivity contribution in [2.24, 2.45) is 4.99 Å². The minimum Gasteiger partial charge on any atom is -0.467 e. The number of imidazole rings is 1. The minimum absolute atomic E-state index is 0.0776. The maximum Gasteiger partial charge on any atom is 0.254 e. The minimum atomic E-state index is -0.351. The van der Waals surface area contributed by atoms with Crippen LogP contribution in [0.1, 0.15) is 81.4 Å². The van der Waals surface area contributed by atoms with Gasteiger partial charge in [-0.15, -0.1) is 5.10 Å². The van der Waals surface area contributed by atoms with Crippen LogP contribution < -0.4 is 0 Å². The highest BCUT2D eigenvalue weighted by atomic mass is 16.5. The Morgan fingerprint density at radius 2 is 1.85 bits per heavy atom. The standard InChI is InChI=1S/C33H37N7O/c1-2-3-19-33(31-36-38-39-37-31)20-16-24(21-26(33)25-12-6-4-7-13-25)22-40-28-15-9-8-14-27(28)35-29(40)30-34-23-32(41-30)17-10-5-11-18-32/h4,6-9,12-16,20-21,26H,2-3,5,10-11,17-19,22-23H2,1H3,(H,36,37,38,39). The zero-order valence-corrected chi connectivity index (χ0v) is 23.7. The Morgan fingerprint density at radius 3 is 2.66 bits per heavy atom. The number of hydrogen-bond acceptors (Lipinski definition) is 6. The third kappa shape index (κ3) is 4.69. The van der Waals surface area contributed by atoms with Crippen LogP contribution in [-0.2, 0) is 16.7 Å². The molecule has 8 nitrogen and oxygen atoms in total. The van der Waals surface area contributed by atoms with Gasteiger partial charge in [-0.05, 0) is 65.8 Å². The molecule has 0 amide bonds. The van der Waals surface area contributed by atoms with E-state index >= 15 is 0 Å². The Bertz CT molecular complexity index is 1600. The Balaban J connectivity index is 1.28. The molecule has 0 saturated heterocycles. The molecule has 210 valence electrons. The number of allylic oxidation sites excluding steroid dienone is 4. The molecule has 1 fully saturated rings. The average molecular weight is 548 g/mol. The number of fused-ring (bicyclic) bond motifs is 1. The number of nitrogens with zero attached hydrogens (tertiary/aromatic N) is 6. The SMILES string of the molecule is CCCCC1(c2nnn[nH]2)C=CC(Cn2c(C3=NCC4(CCCCC4)O3)nc3ccccc32)=CC1c1ccccc1. The summed E-state index contributed by atoms with van der Waals surface area (Å²) in [5.74, 6) is 2.40. The summed E-state index contributed by atoms with van der Waals surface area (Å²) in [5, 5.41) is 15.5. The van der Waals surface area contributed by atoms with Crippen molar-refractivity contribution in [2.75, 3.05) is 6.54 Å². The molecule has 0 bridgehead atoms. The summed E-state index contributed by atoms with van der Waals surface area (Å²) >= 11 is 0. The molecule has 1 N–H and O–H groups in total. The number of unbranched alkanes of at least 4 members (excludes halogenated alkanes) is 1. The topological polar surface area (TPSA) is 93.9 Å². The molecule has 3 heterocycles. The number of nitrogens with one attached hydrogen (secondary N) is 1. The normalized spacial score (nSPS) is 23.5. The molecular formula is C33H37N7O. The molecule has 1 saturated carbocycles. The molecule has 7 rings (SSSR count). The molecule has 2 atom stereocenters. The third-order valence-corrected chi connectivity index (χ3v) is 9.19. The second kappa shape index (κ2) is 10.7. The Labute approximate surface area is 240 Å². The van der Waals surface area contributed by atoms with Crippen LogP contribution in [0.15, 0.2) is 83.4 Å². The van der Waals surface area contributed by atoms with Crippen molar-refractivity contribution >= 4 is 16.9 Å². The number of aromatic amines is 1. The molecular weight excluding hydrogens is 510 g/mol. The molecule has 0 radical (unpaired) electrons. The van der Waals surface area contributed by atoms with Crippen molar-refractivity contribution in [3.63, 3.8) is 0 Å². The summed E-state index contributed by atoms with van der Waals surface area (Å²) < 4.78 is 8.94. The molecule has 41 heavy (non-hydrogen) atoms. The summed E-state index contributed by atoms with van der Waals surface area (Å²) in [5.41, 5.74) is 4.02. The second-order valence-electron chi connectivity index (χ2n) is 11.8. The van der Waals surface area contributed by atoms with Crippen molar-refractivity contribution in [1.82, 2.24) is 30.2 Å². The van der Waals surface area contributed by atoms with Crippen LogP contribution >= 0.6 is 0 Å². The number of hydrogen-bond donors (Lipinski definition) is 1. The first-order chi connectivity index (χ1) is 20.2. The Morgan fingerprint density at radius 1 is 1.02 bits per heavy atom. The number of tetrazole rings is 1. The molecule has 2 unspecified atom stereocenters. The van der Waals surface area contributed by atoms with Crippen molar-refractivity contribution in [3.05, 3.63) is 95.6 Å². The number of rotatable bonds is 8. The summed E-state index contributed by atoms with van der Waals surface area (Å²) in [7, 11) is 0. The van der Waals surface area contributed by atoms with E-state index in [0.29, 0.717) is 12.4 Å². The zero-order chi connectivity index (χ0) is 27.7. The first kappa shape index (κ1) is 25.9. The van der Waals surface area contributed by atoms with E-state index in [9.17, 15) is 0 Å². The number of aliphatic imine (C=N–C) groups is 1. The van der Waals surface area contributed by atoms with Gasteiger partial charge in [0, 0.05) is 12.5 Å². The van der Waals surface area contributed by atoms with Gasteiger partial charge in [0.2, 0.25) is 0 Å². The smallest absolute Gasteiger partial charge is 0.254 e. The van der Waals surface area contributed by atoms with E-state index in [2.05, 4.69) is 98.9 Å². The lowest BCUT2D eigenvalue weighted by molar-refractivity contribution is 0.0467. The Kier molecular flexibility index (Phi) is 6.77. The molecule has 1 aliphatic heterocycles. The number of H-pyrrole nitrogens is 1. The highest BCUT2D eigenvalue weighted by molar-refractivity contribution is 5.96. The molecule has 2 aromatic heterocycles. The highest BCUT2D eigenvalue weighted by Gasteiger charge is 2.43. The van der Waals surface area contributed by atoms with Crippen LogP contribution in [0.5, 0.6) is 0 Å². The lowest BCUT2D eigenvalue weighted by Crippen LogP contribution is -2.36. The molecule has 2 aliphatic carbocycles. The molecule has 4 aromatic rings. The highest BCUT2D eigenvalue weighted by Crippen LogP contribution is 2.47. The van der Waals surface area contributed by atoms with E-state index in [1.165, 1.54) is 30.4 Å². The van der Waals surface area contributed by atoms with Gasteiger partial charge < -0.3 is 9.30 Å². The monoisotopic (exact) mass is 547 g/mol. The first-order valence-corrected chi connectivity index (χ1v) is 15.1. The molecule has 3 aliphatic rings. The number of para-hydroxylation sites is 2. The van der Waals surface area contributed by atoms with E-state index in [1.807, 2.05) is 6.07 Å². The van der Waals surface area contributed by atoms with Gasteiger partial charge in [0.1, 0.15) is 5.60 Å². The second-order valence-corrected chi connectivity index (χ2v) is 11.8. The zero-order valence-electron chi connectivity index (χ0n) is 23.7. The largest absolute Gasteiger partial charge is 0.467 e. The number of ether oxygens (including phenoxy) is 1. The fraction of sp³-hybridized carbons (Fsp3) is 0.424.